The number of H-pyrrole nitrogens is 1. The van der Waals surface area contributed by atoms with E-state index in [4.69, 9.17) is 9.52 Å². The highest BCUT2D eigenvalue weighted by Gasteiger charge is 2.06. The lowest BCUT2D eigenvalue weighted by molar-refractivity contribution is 0.419. The van der Waals surface area contributed by atoms with Crippen molar-refractivity contribution in [3.63, 3.8) is 0 Å². The van der Waals surface area contributed by atoms with Crippen molar-refractivity contribution >= 4 is 23.9 Å². The van der Waals surface area contributed by atoms with E-state index in [0.717, 1.165) is 11.8 Å². The highest BCUT2D eigenvalue weighted by Crippen LogP contribution is 2.19. The van der Waals surface area contributed by atoms with Crippen LogP contribution in [0.3, 0.4) is 0 Å². The second kappa shape index (κ2) is 6.97. The average Bonchev–Trinajstić information content (AvgIpc) is 3.03. The fourth-order valence-corrected chi connectivity index (χ4v) is 2.49. The number of aromatic amines is 1. The lowest BCUT2D eigenvalue weighted by Crippen LogP contribution is -1.99. The Morgan fingerprint density at radius 3 is 2.87 bits per heavy atom. The molecular formula is C16H13N3O3S. The van der Waals surface area contributed by atoms with Gasteiger partial charge in [-0.15, -0.1) is 5.10 Å². The lowest BCUT2D eigenvalue weighted by Gasteiger charge is -1.97. The lowest BCUT2D eigenvalue weighted by atomic mass is 10.2. The fourth-order valence-electron chi connectivity index (χ4n) is 1.79. The van der Waals surface area contributed by atoms with Gasteiger partial charge in [-0.25, -0.2) is 4.98 Å². The standard InChI is InChI=1S/C16H13N3O3S/c20-13-8-12(22-9-14(13)21)10-23-16-17-15(18-19-16)7-6-11-4-2-1-3-5-11/h1-9,21H,10H2,(H,17,18,19). The van der Waals surface area contributed by atoms with E-state index < -0.39 is 11.2 Å². The Bertz CT molecular complexity index is 872. The van der Waals surface area contributed by atoms with Gasteiger partial charge in [-0.3, -0.25) is 9.89 Å². The summed E-state index contributed by atoms with van der Waals surface area (Å²) in [6.45, 7) is 0. The molecule has 0 saturated heterocycles. The molecule has 0 radical (unpaired) electrons. The third-order valence-electron chi connectivity index (χ3n) is 2.93. The second-order valence-corrected chi connectivity index (χ2v) is 5.57. The summed E-state index contributed by atoms with van der Waals surface area (Å²) in [4.78, 5) is 15.6. The van der Waals surface area contributed by atoms with Crippen LogP contribution in [0.15, 0.2) is 57.0 Å². The highest BCUT2D eigenvalue weighted by atomic mass is 32.2. The van der Waals surface area contributed by atoms with Crippen LogP contribution in [0, 0.1) is 0 Å². The molecule has 2 aromatic heterocycles. The molecule has 0 spiro atoms. The average molecular weight is 327 g/mol. The van der Waals surface area contributed by atoms with E-state index in [0.29, 0.717) is 22.5 Å². The number of aromatic hydroxyl groups is 1. The zero-order chi connectivity index (χ0) is 16.1. The largest absolute Gasteiger partial charge is 0.502 e. The van der Waals surface area contributed by atoms with E-state index in [1.54, 1.807) is 0 Å². The Balaban J connectivity index is 1.62. The Labute approximate surface area is 135 Å². The first-order valence-corrected chi connectivity index (χ1v) is 7.78. The highest BCUT2D eigenvalue weighted by molar-refractivity contribution is 7.98. The minimum absolute atomic E-state index is 0.398. The summed E-state index contributed by atoms with van der Waals surface area (Å²) >= 11 is 1.33. The van der Waals surface area contributed by atoms with Gasteiger partial charge in [-0.2, -0.15) is 0 Å². The van der Waals surface area contributed by atoms with E-state index in [9.17, 15) is 4.79 Å². The van der Waals surface area contributed by atoms with Gasteiger partial charge in [-0.1, -0.05) is 48.2 Å². The molecule has 2 N–H and O–H groups in total. The maximum Gasteiger partial charge on any atom is 0.226 e. The van der Waals surface area contributed by atoms with Crippen molar-refractivity contribution in [1.29, 1.82) is 0 Å². The van der Waals surface area contributed by atoms with Gasteiger partial charge in [0.25, 0.3) is 0 Å². The van der Waals surface area contributed by atoms with Crippen LogP contribution in [-0.4, -0.2) is 20.3 Å². The van der Waals surface area contributed by atoms with E-state index in [2.05, 4.69) is 15.2 Å². The Morgan fingerprint density at radius 1 is 1.26 bits per heavy atom. The first-order chi connectivity index (χ1) is 11.2. The van der Waals surface area contributed by atoms with Crippen LogP contribution in [0.5, 0.6) is 5.75 Å². The molecule has 3 aromatic rings. The number of benzene rings is 1. The molecule has 0 saturated carbocycles. The number of rotatable bonds is 5. The molecule has 1 aromatic carbocycles. The van der Waals surface area contributed by atoms with Crippen LogP contribution in [0.1, 0.15) is 17.1 Å². The number of aromatic nitrogens is 3. The van der Waals surface area contributed by atoms with E-state index in [-0.39, 0.29) is 0 Å². The Kier molecular flexibility index (Phi) is 4.58. The van der Waals surface area contributed by atoms with Crippen LogP contribution >= 0.6 is 11.8 Å². The van der Waals surface area contributed by atoms with Crippen LogP contribution in [0.4, 0.5) is 0 Å². The van der Waals surface area contributed by atoms with Crippen LogP contribution in [0.25, 0.3) is 12.2 Å². The molecule has 6 nitrogen and oxygen atoms in total. The van der Waals surface area contributed by atoms with Gasteiger partial charge in [0, 0.05) is 6.07 Å². The third-order valence-corrected chi connectivity index (χ3v) is 3.80. The van der Waals surface area contributed by atoms with Crippen molar-refractivity contribution < 1.29 is 9.52 Å². The molecule has 0 aliphatic heterocycles. The smallest absolute Gasteiger partial charge is 0.226 e. The van der Waals surface area contributed by atoms with Gasteiger partial charge in [0.2, 0.25) is 10.6 Å². The van der Waals surface area contributed by atoms with Gasteiger partial charge in [0.1, 0.15) is 17.8 Å². The maximum absolute atomic E-state index is 11.3. The molecule has 0 fully saturated rings. The molecule has 23 heavy (non-hydrogen) atoms. The number of thioether (sulfide) groups is 1. The monoisotopic (exact) mass is 327 g/mol. The number of nitrogens with zero attached hydrogens (tertiary/aromatic N) is 2. The quantitative estimate of drug-likeness (QED) is 0.700. The van der Waals surface area contributed by atoms with Gasteiger partial charge >= 0.3 is 0 Å². The van der Waals surface area contributed by atoms with Crippen molar-refractivity contribution in [2.45, 2.75) is 10.9 Å². The number of nitrogens with one attached hydrogen (secondary N) is 1. The van der Waals surface area contributed by atoms with E-state index in [1.807, 2.05) is 42.5 Å². The number of hydrogen-bond acceptors (Lipinski definition) is 6. The topological polar surface area (TPSA) is 92.0 Å². The van der Waals surface area contributed by atoms with Crippen molar-refractivity contribution in [2.24, 2.45) is 0 Å². The van der Waals surface area contributed by atoms with Gasteiger partial charge in [0.05, 0.1) is 5.75 Å². The minimum atomic E-state index is -0.465. The van der Waals surface area contributed by atoms with Crippen LogP contribution in [-0.2, 0) is 5.75 Å². The fraction of sp³-hybridized carbons (Fsp3) is 0.0625. The molecule has 0 atom stereocenters. The predicted molar refractivity (Wildman–Crippen MR) is 88.0 cm³/mol. The summed E-state index contributed by atoms with van der Waals surface area (Å²) in [7, 11) is 0. The van der Waals surface area contributed by atoms with Crippen molar-refractivity contribution in [1.82, 2.24) is 15.2 Å². The normalized spacial score (nSPS) is 11.1. The molecule has 116 valence electrons. The van der Waals surface area contributed by atoms with Crippen LogP contribution in [0.2, 0.25) is 0 Å². The molecular weight excluding hydrogens is 314 g/mol. The summed E-state index contributed by atoms with van der Waals surface area (Å²) in [5, 5.41) is 16.6. The van der Waals surface area contributed by atoms with Crippen molar-refractivity contribution in [2.75, 3.05) is 0 Å². The van der Waals surface area contributed by atoms with Crippen molar-refractivity contribution in [3.8, 4) is 5.75 Å². The summed E-state index contributed by atoms with van der Waals surface area (Å²) in [6.07, 6.45) is 4.81. The van der Waals surface area contributed by atoms with E-state index in [1.165, 1.54) is 17.8 Å². The second-order valence-electron chi connectivity index (χ2n) is 4.63. The zero-order valence-electron chi connectivity index (χ0n) is 12.0. The third kappa shape index (κ3) is 4.10. The molecule has 0 unspecified atom stereocenters. The molecule has 3 rings (SSSR count). The summed E-state index contributed by atoms with van der Waals surface area (Å²) in [6, 6.07) is 11.1. The number of hydrogen-bond donors (Lipinski definition) is 2. The predicted octanol–water partition coefficient (Wildman–Crippen LogP) is 2.93. The molecule has 0 aliphatic carbocycles. The minimum Gasteiger partial charge on any atom is -0.502 e. The SMILES string of the molecule is O=c1cc(CSc2n[nH]c(C=Cc3ccccc3)n2)occ1O. The molecule has 7 heteroatoms. The summed E-state index contributed by atoms with van der Waals surface area (Å²) in [5.74, 6) is 1.09. The first-order valence-electron chi connectivity index (χ1n) is 6.80. The molecule has 2 heterocycles. The Hall–Kier alpha value is -2.80. The summed E-state index contributed by atoms with van der Waals surface area (Å²) in [5.41, 5.74) is 0.609. The van der Waals surface area contributed by atoms with Crippen LogP contribution < -0.4 is 5.43 Å². The van der Waals surface area contributed by atoms with Gasteiger partial charge in [-0.05, 0) is 11.6 Å². The molecule has 0 bridgehead atoms. The Morgan fingerprint density at radius 2 is 2.09 bits per heavy atom. The zero-order valence-corrected chi connectivity index (χ0v) is 12.8. The van der Waals surface area contributed by atoms with Gasteiger partial charge < -0.3 is 9.52 Å². The van der Waals surface area contributed by atoms with Crippen molar-refractivity contribution in [3.05, 3.63) is 70.0 Å². The van der Waals surface area contributed by atoms with E-state index >= 15 is 0 Å². The first kappa shape index (κ1) is 15.1. The maximum atomic E-state index is 11.3. The molecule has 0 aliphatic rings. The molecule has 0 amide bonds. The summed E-state index contributed by atoms with van der Waals surface area (Å²) < 4.78 is 5.12. The van der Waals surface area contributed by atoms with Gasteiger partial charge in [0.15, 0.2) is 5.75 Å².